The van der Waals surface area contributed by atoms with Gasteiger partial charge in [-0.2, -0.15) is 15.0 Å². The van der Waals surface area contributed by atoms with Crippen molar-refractivity contribution in [3.05, 3.63) is 40.7 Å². The lowest BCUT2D eigenvalue weighted by Crippen LogP contribution is -2.26. The normalized spacial score (nSPS) is 12.5. The molecule has 0 aliphatic carbocycles. The summed E-state index contributed by atoms with van der Waals surface area (Å²) >= 11 is 0. The van der Waals surface area contributed by atoms with Crippen LogP contribution < -0.4 is 10.6 Å². The monoisotopic (exact) mass is 314 g/mol. The molecule has 0 unspecified atom stereocenters. The second-order valence-corrected chi connectivity index (χ2v) is 6.27. The van der Waals surface area contributed by atoms with Gasteiger partial charge in [0.2, 0.25) is 11.9 Å². The first-order valence-electron chi connectivity index (χ1n) is 7.73. The number of nitrogens with two attached hydrogens (primary N) is 1. The van der Waals surface area contributed by atoms with Crippen LogP contribution in [-0.2, 0) is 6.54 Å². The van der Waals surface area contributed by atoms with Gasteiger partial charge in [-0.25, -0.2) is 0 Å². The molecule has 0 aliphatic heterocycles. The molecule has 0 amide bonds. The molecular weight excluding hydrogens is 288 g/mol. The van der Waals surface area contributed by atoms with Crippen molar-refractivity contribution in [2.45, 2.75) is 33.4 Å². The van der Waals surface area contributed by atoms with E-state index in [1.807, 2.05) is 19.0 Å². The average Bonchev–Trinajstić information content (AvgIpc) is 2.48. The van der Waals surface area contributed by atoms with E-state index in [4.69, 9.17) is 5.73 Å². The molecule has 6 heteroatoms. The fourth-order valence-corrected chi connectivity index (χ4v) is 2.41. The van der Waals surface area contributed by atoms with Crippen LogP contribution in [0.15, 0.2) is 18.2 Å². The van der Waals surface area contributed by atoms with Crippen LogP contribution in [0.25, 0.3) is 0 Å². The van der Waals surface area contributed by atoms with E-state index >= 15 is 0 Å². The van der Waals surface area contributed by atoms with E-state index in [1.54, 1.807) is 0 Å². The van der Waals surface area contributed by atoms with Gasteiger partial charge < -0.3 is 10.6 Å². The Labute approximate surface area is 138 Å². The minimum atomic E-state index is 0.0414. The van der Waals surface area contributed by atoms with E-state index < -0.39 is 0 Å². The van der Waals surface area contributed by atoms with Gasteiger partial charge in [-0.3, -0.25) is 4.90 Å². The van der Waals surface area contributed by atoms with Gasteiger partial charge in [0.25, 0.3) is 0 Å². The van der Waals surface area contributed by atoms with Gasteiger partial charge in [-0.05, 0) is 38.9 Å². The molecule has 2 N–H and O–H groups in total. The maximum absolute atomic E-state index is 5.82. The molecule has 23 heavy (non-hydrogen) atoms. The van der Waals surface area contributed by atoms with Crippen LogP contribution in [0.5, 0.6) is 0 Å². The van der Waals surface area contributed by atoms with Crippen LogP contribution in [0.3, 0.4) is 0 Å². The van der Waals surface area contributed by atoms with Crippen LogP contribution in [0.4, 0.5) is 11.9 Å². The molecular formula is C17H26N6. The Morgan fingerprint density at radius 2 is 1.78 bits per heavy atom. The third-order valence-corrected chi connectivity index (χ3v) is 4.01. The predicted molar refractivity (Wildman–Crippen MR) is 94.4 cm³/mol. The number of hydrogen-bond donors (Lipinski definition) is 1. The van der Waals surface area contributed by atoms with Crippen molar-refractivity contribution in [3.63, 3.8) is 0 Å². The van der Waals surface area contributed by atoms with Gasteiger partial charge in [-0.15, -0.1) is 0 Å². The predicted octanol–water partition coefficient (Wildman–Crippen LogP) is 2.33. The van der Waals surface area contributed by atoms with Crippen molar-refractivity contribution in [1.82, 2.24) is 19.9 Å². The van der Waals surface area contributed by atoms with E-state index in [1.165, 1.54) is 16.7 Å². The Balaban J connectivity index is 2.20. The fraction of sp³-hybridized carbons (Fsp3) is 0.471. The van der Waals surface area contributed by atoms with Crippen molar-refractivity contribution in [3.8, 4) is 0 Å². The maximum atomic E-state index is 5.82. The summed E-state index contributed by atoms with van der Waals surface area (Å²) in [6.07, 6.45) is 0. The molecule has 0 spiro atoms. The largest absolute Gasteiger partial charge is 0.368 e. The number of rotatable bonds is 5. The minimum absolute atomic E-state index is 0.0414. The van der Waals surface area contributed by atoms with Gasteiger partial charge in [0, 0.05) is 20.6 Å². The molecule has 1 heterocycles. The summed E-state index contributed by atoms with van der Waals surface area (Å²) in [5, 5.41) is 0. The Kier molecular flexibility index (Phi) is 5.15. The summed E-state index contributed by atoms with van der Waals surface area (Å²) in [7, 11) is 5.85. The first-order chi connectivity index (χ1) is 10.8. The highest BCUT2D eigenvalue weighted by molar-refractivity contribution is 5.33. The van der Waals surface area contributed by atoms with Crippen molar-refractivity contribution in [1.29, 1.82) is 0 Å². The molecule has 2 aromatic rings. The van der Waals surface area contributed by atoms with E-state index in [0.717, 1.165) is 6.54 Å². The van der Waals surface area contributed by atoms with Crippen LogP contribution in [0.2, 0.25) is 0 Å². The molecule has 1 aromatic carbocycles. The summed E-state index contributed by atoms with van der Waals surface area (Å²) in [4.78, 5) is 17.0. The van der Waals surface area contributed by atoms with E-state index in [0.29, 0.717) is 11.8 Å². The number of benzene rings is 1. The van der Waals surface area contributed by atoms with Crippen LogP contribution in [-0.4, -0.2) is 41.0 Å². The van der Waals surface area contributed by atoms with Crippen molar-refractivity contribution in [2.75, 3.05) is 31.8 Å². The summed E-state index contributed by atoms with van der Waals surface area (Å²) in [5.41, 5.74) is 9.71. The van der Waals surface area contributed by atoms with Gasteiger partial charge in [-0.1, -0.05) is 23.8 Å². The van der Waals surface area contributed by atoms with Crippen LogP contribution in [0, 0.1) is 13.8 Å². The highest BCUT2D eigenvalue weighted by Crippen LogP contribution is 2.21. The Morgan fingerprint density at radius 1 is 1.09 bits per heavy atom. The number of nitrogen functional groups attached to an aromatic ring is 1. The minimum Gasteiger partial charge on any atom is -0.368 e. The molecule has 0 aliphatic rings. The van der Waals surface area contributed by atoms with Crippen molar-refractivity contribution in [2.24, 2.45) is 0 Å². The fourth-order valence-electron chi connectivity index (χ4n) is 2.41. The van der Waals surface area contributed by atoms with Gasteiger partial charge in [0.15, 0.2) is 5.82 Å². The van der Waals surface area contributed by atoms with E-state index in [-0.39, 0.29) is 12.0 Å². The third-order valence-electron chi connectivity index (χ3n) is 4.01. The molecule has 0 saturated carbocycles. The van der Waals surface area contributed by atoms with Crippen LogP contribution >= 0.6 is 0 Å². The Hall–Kier alpha value is -2.21. The zero-order valence-electron chi connectivity index (χ0n) is 14.8. The lowest BCUT2D eigenvalue weighted by molar-refractivity contribution is 0.243. The summed E-state index contributed by atoms with van der Waals surface area (Å²) in [5.74, 6) is 1.53. The first kappa shape index (κ1) is 17.1. The van der Waals surface area contributed by atoms with Crippen LogP contribution in [0.1, 0.15) is 35.5 Å². The number of nitrogens with zero attached hydrogens (tertiary/aromatic N) is 5. The van der Waals surface area contributed by atoms with Crippen molar-refractivity contribution < 1.29 is 0 Å². The molecule has 1 atom stereocenters. The van der Waals surface area contributed by atoms with Crippen molar-refractivity contribution >= 4 is 11.9 Å². The maximum Gasteiger partial charge on any atom is 0.229 e. The molecule has 1 aromatic heterocycles. The van der Waals surface area contributed by atoms with Gasteiger partial charge in [0.1, 0.15) is 0 Å². The Morgan fingerprint density at radius 3 is 2.39 bits per heavy atom. The average molecular weight is 314 g/mol. The highest BCUT2D eigenvalue weighted by Gasteiger charge is 2.18. The molecule has 0 radical (unpaired) electrons. The topological polar surface area (TPSA) is 71.2 Å². The summed E-state index contributed by atoms with van der Waals surface area (Å²) in [6, 6.07) is 6.57. The number of anilines is 2. The first-order valence-corrected chi connectivity index (χ1v) is 7.73. The molecule has 0 fully saturated rings. The molecule has 6 nitrogen and oxygen atoms in total. The van der Waals surface area contributed by atoms with Gasteiger partial charge >= 0.3 is 0 Å². The number of aryl methyl sites for hydroxylation is 2. The molecule has 0 bridgehead atoms. The zero-order chi connectivity index (χ0) is 17.1. The number of hydrogen-bond acceptors (Lipinski definition) is 6. The lowest BCUT2D eigenvalue weighted by atomic mass is 10.0. The summed E-state index contributed by atoms with van der Waals surface area (Å²) < 4.78 is 0. The SMILES string of the molecule is Cc1ccc(CN(C)[C@@H](C)c2nc(N)nc(N(C)C)n2)c(C)c1. The quantitative estimate of drug-likeness (QED) is 0.913. The van der Waals surface area contributed by atoms with E-state index in [2.05, 4.69) is 65.9 Å². The Bertz CT molecular complexity index is 683. The second kappa shape index (κ2) is 6.91. The highest BCUT2D eigenvalue weighted by atomic mass is 15.3. The lowest BCUT2D eigenvalue weighted by Gasteiger charge is -2.25. The second-order valence-electron chi connectivity index (χ2n) is 6.27. The molecule has 124 valence electrons. The van der Waals surface area contributed by atoms with E-state index in [9.17, 15) is 0 Å². The summed E-state index contributed by atoms with van der Waals surface area (Å²) in [6.45, 7) is 7.17. The number of aromatic nitrogens is 3. The third kappa shape index (κ3) is 4.16. The smallest absolute Gasteiger partial charge is 0.229 e. The van der Waals surface area contributed by atoms with Gasteiger partial charge in [0.05, 0.1) is 6.04 Å². The molecule has 2 rings (SSSR count). The standard InChI is InChI=1S/C17H26N6/c1-11-7-8-14(12(2)9-11)10-23(6)13(3)15-19-16(18)21-17(20-15)22(4)5/h7-9,13H,10H2,1-6H3,(H2,18,19,20,21)/t13-/m0/s1. The molecule has 0 saturated heterocycles. The zero-order valence-corrected chi connectivity index (χ0v) is 14.8.